The van der Waals surface area contributed by atoms with Gasteiger partial charge in [0.05, 0.1) is 11.1 Å². The molecule has 0 saturated carbocycles. The molecule has 0 aliphatic carbocycles. The first kappa shape index (κ1) is 19.7. The van der Waals surface area contributed by atoms with Gasteiger partial charge in [0.15, 0.2) is 0 Å². The van der Waals surface area contributed by atoms with Gasteiger partial charge in [-0.3, -0.25) is 34.3 Å². The minimum atomic E-state index is -0.935. The van der Waals surface area contributed by atoms with Crippen LogP contribution in [0.4, 0.5) is 0 Å². The third kappa shape index (κ3) is 3.58. The van der Waals surface area contributed by atoms with E-state index >= 15 is 0 Å². The SMILES string of the molecule is C[C@H](N)C1CCN(Cc2cccc3c2C(=O)N(C2CCC(=O)NC2=O)C3=O)CC1. The van der Waals surface area contributed by atoms with Crippen LogP contribution in [0.2, 0.25) is 0 Å². The maximum atomic E-state index is 13.1. The zero-order valence-corrected chi connectivity index (χ0v) is 16.5. The molecule has 2 fully saturated rings. The zero-order valence-electron chi connectivity index (χ0n) is 16.5. The number of nitrogens with zero attached hydrogens (tertiary/aromatic N) is 2. The standard InChI is InChI=1S/C21H26N4O4/c1-12(22)13-7-9-24(10-8-13)11-14-3-2-4-15-18(14)21(29)25(20(15)28)16-5-6-17(26)23-19(16)27/h2-4,12-13,16H,5-11,22H2,1H3,(H,23,26,27)/t12-,16?/m0/s1. The molecule has 8 nitrogen and oxygen atoms in total. The van der Waals surface area contributed by atoms with Gasteiger partial charge in [-0.2, -0.15) is 0 Å². The molecule has 0 aromatic heterocycles. The van der Waals surface area contributed by atoms with Crippen molar-refractivity contribution < 1.29 is 19.2 Å². The van der Waals surface area contributed by atoms with Gasteiger partial charge in [0.1, 0.15) is 6.04 Å². The first-order chi connectivity index (χ1) is 13.9. The van der Waals surface area contributed by atoms with Crippen molar-refractivity contribution >= 4 is 23.6 Å². The number of nitrogens with one attached hydrogen (secondary N) is 1. The summed E-state index contributed by atoms with van der Waals surface area (Å²) in [7, 11) is 0. The van der Waals surface area contributed by atoms with Crippen LogP contribution in [-0.4, -0.2) is 58.6 Å². The van der Waals surface area contributed by atoms with Gasteiger partial charge in [-0.15, -0.1) is 0 Å². The normalized spacial score (nSPS) is 24.6. The molecule has 0 radical (unpaired) electrons. The summed E-state index contributed by atoms with van der Waals surface area (Å²) < 4.78 is 0. The third-order valence-electron chi connectivity index (χ3n) is 6.32. The number of hydrogen-bond donors (Lipinski definition) is 2. The van der Waals surface area contributed by atoms with E-state index in [2.05, 4.69) is 10.2 Å². The van der Waals surface area contributed by atoms with Crippen molar-refractivity contribution in [1.82, 2.24) is 15.1 Å². The molecule has 3 aliphatic rings. The molecule has 154 valence electrons. The molecule has 2 atom stereocenters. The van der Waals surface area contributed by atoms with Crippen molar-refractivity contribution in [3.05, 3.63) is 34.9 Å². The zero-order chi connectivity index (χ0) is 20.7. The number of likely N-dealkylation sites (tertiary alicyclic amines) is 1. The number of fused-ring (bicyclic) bond motifs is 1. The van der Waals surface area contributed by atoms with Gasteiger partial charge in [0.25, 0.3) is 11.8 Å². The van der Waals surface area contributed by atoms with Crippen LogP contribution in [0.1, 0.15) is 58.9 Å². The van der Waals surface area contributed by atoms with E-state index in [1.165, 1.54) is 0 Å². The topological polar surface area (TPSA) is 113 Å². The molecule has 0 bridgehead atoms. The average Bonchev–Trinajstić information content (AvgIpc) is 2.94. The summed E-state index contributed by atoms with van der Waals surface area (Å²) in [4.78, 5) is 53.0. The fourth-order valence-electron chi connectivity index (χ4n) is 4.59. The predicted octanol–water partition coefficient (Wildman–Crippen LogP) is 0.647. The van der Waals surface area contributed by atoms with Crippen molar-refractivity contribution in [1.29, 1.82) is 0 Å². The number of rotatable bonds is 4. The number of nitrogens with two attached hydrogens (primary N) is 1. The number of carbonyl (C=O) groups excluding carboxylic acids is 4. The molecule has 3 aliphatic heterocycles. The Labute approximate surface area is 169 Å². The van der Waals surface area contributed by atoms with E-state index in [9.17, 15) is 19.2 Å². The lowest BCUT2D eigenvalue weighted by Gasteiger charge is -2.34. The van der Waals surface area contributed by atoms with Crippen LogP contribution in [-0.2, 0) is 16.1 Å². The highest BCUT2D eigenvalue weighted by Crippen LogP contribution is 2.31. The molecule has 1 aromatic carbocycles. The van der Waals surface area contributed by atoms with E-state index < -0.39 is 23.8 Å². The van der Waals surface area contributed by atoms with E-state index in [1.807, 2.05) is 13.0 Å². The molecule has 29 heavy (non-hydrogen) atoms. The summed E-state index contributed by atoms with van der Waals surface area (Å²) >= 11 is 0. The van der Waals surface area contributed by atoms with Crippen LogP contribution in [0.5, 0.6) is 0 Å². The summed E-state index contributed by atoms with van der Waals surface area (Å²) in [5.74, 6) is -1.36. The molecule has 3 N–H and O–H groups in total. The number of hydrogen-bond acceptors (Lipinski definition) is 6. The highest BCUT2D eigenvalue weighted by molar-refractivity contribution is 6.24. The number of benzene rings is 1. The van der Waals surface area contributed by atoms with Crippen molar-refractivity contribution in [2.24, 2.45) is 11.7 Å². The Morgan fingerprint density at radius 2 is 1.83 bits per heavy atom. The number of amides is 4. The fraction of sp³-hybridized carbons (Fsp3) is 0.524. The minimum absolute atomic E-state index is 0.116. The largest absolute Gasteiger partial charge is 0.328 e. The summed E-state index contributed by atoms with van der Waals surface area (Å²) in [6.45, 7) is 4.42. The number of piperidine rings is 2. The van der Waals surface area contributed by atoms with Crippen LogP contribution in [0.3, 0.4) is 0 Å². The summed E-state index contributed by atoms with van der Waals surface area (Å²) in [6.07, 6.45) is 2.31. The van der Waals surface area contributed by atoms with Crippen LogP contribution < -0.4 is 11.1 Å². The second kappa shape index (κ2) is 7.68. The maximum absolute atomic E-state index is 13.1. The van der Waals surface area contributed by atoms with Crippen molar-refractivity contribution in [3.8, 4) is 0 Å². The summed E-state index contributed by atoms with van der Waals surface area (Å²) in [6, 6.07) is 4.53. The molecule has 8 heteroatoms. The van der Waals surface area contributed by atoms with Gasteiger partial charge in [0, 0.05) is 19.0 Å². The van der Waals surface area contributed by atoms with E-state index in [0.29, 0.717) is 23.6 Å². The predicted molar refractivity (Wildman–Crippen MR) is 105 cm³/mol. The fourth-order valence-corrected chi connectivity index (χ4v) is 4.59. The average molecular weight is 398 g/mol. The maximum Gasteiger partial charge on any atom is 0.262 e. The molecule has 4 rings (SSSR count). The van der Waals surface area contributed by atoms with E-state index in [-0.39, 0.29) is 24.8 Å². The summed E-state index contributed by atoms with van der Waals surface area (Å²) in [5, 5.41) is 2.23. The Morgan fingerprint density at radius 3 is 2.48 bits per heavy atom. The number of carbonyl (C=O) groups is 4. The van der Waals surface area contributed by atoms with Crippen LogP contribution >= 0.6 is 0 Å². The molecule has 4 amide bonds. The highest BCUT2D eigenvalue weighted by Gasteiger charge is 2.45. The lowest BCUT2D eigenvalue weighted by molar-refractivity contribution is -0.136. The minimum Gasteiger partial charge on any atom is -0.328 e. The van der Waals surface area contributed by atoms with Crippen molar-refractivity contribution in [2.75, 3.05) is 13.1 Å². The van der Waals surface area contributed by atoms with E-state index in [0.717, 1.165) is 36.4 Å². The lowest BCUT2D eigenvalue weighted by atomic mass is 9.90. The Bertz CT molecular complexity index is 873. The van der Waals surface area contributed by atoms with Crippen LogP contribution in [0.15, 0.2) is 18.2 Å². The summed E-state index contributed by atoms with van der Waals surface area (Å²) in [5.41, 5.74) is 7.54. The van der Waals surface area contributed by atoms with Gasteiger partial charge < -0.3 is 5.73 Å². The van der Waals surface area contributed by atoms with Gasteiger partial charge in [-0.25, -0.2) is 0 Å². The third-order valence-corrected chi connectivity index (χ3v) is 6.32. The van der Waals surface area contributed by atoms with Crippen LogP contribution in [0.25, 0.3) is 0 Å². The molecule has 1 unspecified atom stereocenters. The Hall–Kier alpha value is -2.58. The van der Waals surface area contributed by atoms with Crippen molar-refractivity contribution in [2.45, 2.75) is 51.2 Å². The second-order valence-corrected chi connectivity index (χ2v) is 8.26. The number of imide groups is 2. The molecule has 1 aromatic rings. The molecule has 0 spiro atoms. The first-order valence-electron chi connectivity index (χ1n) is 10.2. The van der Waals surface area contributed by atoms with Gasteiger partial charge >= 0.3 is 0 Å². The Kier molecular flexibility index (Phi) is 5.23. The molecular weight excluding hydrogens is 372 g/mol. The van der Waals surface area contributed by atoms with Crippen LogP contribution in [0, 0.1) is 5.92 Å². The molecule has 3 heterocycles. The molecular formula is C21H26N4O4. The highest BCUT2D eigenvalue weighted by atomic mass is 16.2. The Balaban J connectivity index is 1.54. The quantitative estimate of drug-likeness (QED) is 0.720. The van der Waals surface area contributed by atoms with Gasteiger partial charge in [-0.05, 0) is 56.8 Å². The van der Waals surface area contributed by atoms with Gasteiger partial charge in [0.2, 0.25) is 11.8 Å². The second-order valence-electron chi connectivity index (χ2n) is 8.26. The lowest BCUT2D eigenvalue weighted by Crippen LogP contribution is -2.54. The van der Waals surface area contributed by atoms with E-state index in [4.69, 9.17) is 5.73 Å². The molecule has 2 saturated heterocycles. The van der Waals surface area contributed by atoms with E-state index in [1.54, 1.807) is 12.1 Å². The van der Waals surface area contributed by atoms with Gasteiger partial charge in [-0.1, -0.05) is 12.1 Å². The smallest absolute Gasteiger partial charge is 0.262 e. The van der Waals surface area contributed by atoms with Crippen molar-refractivity contribution in [3.63, 3.8) is 0 Å². The monoisotopic (exact) mass is 398 g/mol. The Morgan fingerprint density at radius 1 is 1.10 bits per heavy atom. The first-order valence-corrected chi connectivity index (χ1v) is 10.2.